The topological polar surface area (TPSA) is 82.7 Å². The normalized spacial score (nSPS) is 26.1. The number of nitrogens with one attached hydrogen (secondary N) is 1. The molecule has 3 N–H and O–H groups in total. The summed E-state index contributed by atoms with van der Waals surface area (Å²) in [5.74, 6) is -0.244. The number of amides is 1. The van der Waals surface area contributed by atoms with Crippen molar-refractivity contribution in [3.05, 3.63) is 35.0 Å². The van der Waals surface area contributed by atoms with E-state index in [2.05, 4.69) is 5.32 Å². The number of benzene rings is 1. The lowest BCUT2D eigenvalue weighted by molar-refractivity contribution is 0.0294. The average molecular weight is 296 g/mol. The molecule has 1 amide bonds. The first-order chi connectivity index (χ1) is 9.54. The van der Waals surface area contributed by atoms with Crippen LogP contribution in [0.4, 0.5) is 0 Å². The van der Waals surface area contributed by atoms with Gasteiger partial charge in [0.1, 0.15) is 11.7 Å². The molecule has 0 radical (unpaired) electrons. The molecule has 1 aromatic heterocycles. The molecule has 0 aliphatic heterocycles. The molecule has 0 saturated heterocycles. The number of halogens is 1. The second kappa shape index (κ2) is 5.09. The van der Waals surface area contributed by atoms with Gasteiger partial charge >= 0.3 is 0 Å². The zero-order chi connectivity index (χ0) is 14.3. The lowest BCUT2D eigenvalue weighted by atomic mass is 10.2. The Morgan fingerprint density at radius 2 is 2.10 bits per heavy atom. The molecule has 1 saturated carbocycles. The standard InChI is InChI=1S/C14H14ClNO4/c15-8-1-4-11-7(5-8)6-12(20-11)14(19)16-9-2-3-10(17)13(9)18/h1,4-6,9-10,13,17-18H,2-3H2,(H,16,19)/t9-,10-,13-/m1/s1. The quantitative estimate of drug-likeness (QED) is 0.787. The molecule has 1 aliphatic carbocycles. The van der Waals surface area contributed by atoms with E-state index in [9.17, 15) is 15.0 Å². The Labute approximate surface area is 120 Å². The Morgan fingerprint density at radius 3 is 2.80 bits per heavy atom. The van der Waals surface area contributed by atoms with Crippen LogP contribution in [0.1, 0.15) is 23.4 Å². The minimum atomic E-state index is -0.933. The number of fused-ring (bicyclic) bond motifs is 1. The van der Waals surface area contributed by atoms with Crippen LogP contribution in [0, 0.1) is 0 Å². The van der Waals surface area contributed by atoms with Crippen molar-refractivity contribution < 1.29 is 19.4 Å². The monoisotopic (exact) mass is 295 g/mol. The molecule has 0 spiro atoms. The Kier molecular flexibility index (Phi) is 3.41. The summed E-state index contributed by atoms with van der Waals surface area (Å²) in [5.41, 5.74) is 0.576. The van der Waals surface area contributed by atoms with E-state index in [1.54, 1.807) is 24.3 Å². The van der Waals surface area contributed by atoms with Gasteiger partial charge in [-0.25, -0.2) is 0 Å². The van der Waals surface area contributed by atoms with Gasteiger partial charge in [0.05, 0.1) is 12.1 Å². The minimum absolute atomic E-state index is 0.163. The van der Waals surface area contributed by atoms with Crippen molar-refractivity contribution in [3.63, 3.8) is 0 Å². The van der Waals surface area contributed by atoms with Crippen molar-refractivity contribution in [2.75, 3.05) is 0 Å². The third-order valence-corrected chi connectivity index (χ3v) is 3.83. The van der Waals surface area contributed by atoms with Crippen LogP contribution >= 0.6 is 11.6 Å². The van der Waals surface area contributed by atoms with E-state index < -0.39 is 24.2 Å². The van der Waals surface area contributed by atoms with Gasteiger partial charge in [-0.3, -0.25) is 4.79 Å². The molecule has 0 unspecified atom stereocenters. The van der Waals surface area contributed by atoms with Crippen LogP contribution < -0.4 is 5.32 Å². The summed E-state index contributed by atoms with van der Waals surface area (Å²) < 4.78 is 5.44. The third kappa shape index (κ3) is 2.40. The predicted molar refractivity (Wildman–Crippen MR) is 73.7 cm³/mol. The fourth-order valence-electron chi connectivity index (χ4n) is 2.48. The second-order valence-electron chi connectivity index (χ2n) is 5.01. The van der Waals surface area contributed by atoms with Gasteiger partial charge < -0.3 is 19.9 Å². The van der Waals surface area contributed by atoms with Crippen molar-refractivity contribution in [2.45, 2.75) is 31.1 Å². The van der Waals surface area contributed by atoms with Crippen molar-refractivity contribution in [1.29, 1.82) is 0 Å². The number of hydrogen-bond donors (Lipinski definition) is 3. The molecule has 0 bridgehead atoms. The van der Waals surface area contributed by atoms with Gasteiger partial charge in [-0.05, 0) is 37.1 Å². The van der Waals surface area contributed by atoms with Gasteiger partial charge in [0.2, 0.25) is 0 Å². The van der Waals surface area contributed by atoms with Crippen molar-refractivity contribution in [3.8, 4) is 0 Å². The average Bonchev–Trinajstić information content (AvgIpc) is 2.96. The van der Waals surface area contributed by atoms with Crippen molar-refractivity contribution in [2.24, 2.45) is 0 Å². The fourth-order valence-corrected chi connectivity index (χ4v) is 2.66. The first-order valence-electron chi connectivity index (χ1n) is 6.40. The first kappa shape index (κ1) is 13.4. The highest BCUT2D eigenvalue weighted by molar-refractivity contribution is 6.31. The van der Waals surface area contributed by atoms with Crippen molar-refractivity contribution >= 4 is 28.5 Å². The number of aliphatic hydroxyl groups excluding tert-OH is 2. The Balaban J connectivity index is 1.79. The number of aliphatic hydroxyl groups is 2. The van der Waals surface area contributed by atoms with E-state index in [1.165, 1.54) is 0 Å². The molecule has 106 valence electrons. The number of rotatable bonds is 2. The highest BCUT2D eigenvalue weighted by Gasteiger charge is 2.34. The Hall–Kier alpha value is -1.56. The number of carbonyl (C=O) groups is 1. The van der Waals surface area contributed by atoms with E-state index in [1.807, 2.05) is 0 Å². The summed E-state index contributed by atoms with van der Waals surface area (Å²) >= 11 is 5.88. The van der Waals surface area contributed by atoms with Crippen LogP contribution in [0.3, 0.4) is 0 Å². The maximum absolute atomic E-state index is 12.1. The largest absolute Gasteiger partial charge is 0.451 e. The van der Waals surface area contributed by atoms with Crippen LogP contribution in [-0.4, -0.2) is 34.4 Å². The summed E-state index contributed by atoms with van der Waals surface area (Å²) in [5, 5.41) is 23.2. The number of hydrogen-bond acceptors (Lipinski definition) is 4. The highest BCUT2D eigenvalue weighted by atomic mass is 35.5. The molecular formula is C14H14ClNO4. The van der Waals surface area contributed by atoms with E-state index in [0.29, 0.717) is 23.4 Å². The lowest BCUT2D eigenvalue weighted by Gasteiger charge is -2.17. The Bertz CT molecular complexity index is 654. The second-order valence-corrected chi connectivity index (χ2v) is 5.44. The van der Waals surface area contributed by atoms with E-state index in [0.717, 1.165) is 5.39 Å². The minimum Gasteiger partial charge on any atom is -0.451 e. The molecule has 1 aliphatic rings. The van der Waals surface area contributed by atoms with E-state index in [4.69, 9.17) is 16.0 Å². The van der Waals surface area contributed by atoms with E-state index in [-0.39, 0.29) is 5.76 Å². The molecule has 5 nitrogen and oxygen atoms in total. The van der Waals surface area contributed by atoms with Crippen LogP contribution in [0.2, 0.25) is 5.02 Å². The van der Waals surface area contributed by atoms with E-state index >= 15 is 0 Å². The van der Waals surface area contributed by atoms with Crippen molar-refractivity contribution in [1.82, 2.24) is 5.32 Å². The number of furan rings is 1. The smallest absolute Gasteiger partial charge is 0.287 e. The maximum atomic E-state index is 12.1. The van der Waals surface area contributed by atoms with Crippen LogP contribution in [0.25, 0.3) is 11.0 Å². The van der Waals surface area contributed by atoms with Gasteiger partial charge in [0.25, 0.3) is 5.91 Å². The molecule has 6 heteroatoms. The van der Waals surface area contributed by atoms with Gasteiger partial charge in [0, 0.05) is 10.4 Å². The zero-order valence-electron chi connectivity index (χ0n) is 10.5. The highest BCUT2D eigenvalue weighted by Crippen LogP contribution is 2.24. The molecular weight excluding hydrogens is 282 g/mol. The summed E-state index contributed by atoms with van der Waals surface area (Å²) in [4.78, 5) is 12.1. The van der Waals surface area contributed by atoms with Gasteiger partial charge in [-0.1, -0.05) is 11.6 Å². The van der Waals surface area contributed by atoms with Gasteiger partial charge in [-0.15, -0.1) is 0 Å². The fraction of sp³-hybridized carbons (Fsp3) is 0.357. The van der Waals surface area contributed by atoms with Gasteiger partial charge in [-0.2, -0.15) is 0 Å². The molecule has 3 rings (SSSR count). The van der Waals surface area contributed by atoms with Crippen LogP contribution in [0.15, 0.2) is 28.7 Å². The summed E-state index contributed by atoms with van der Waals surface area (Å²) in [6.45, 7) is 0. The first-order valence-corrected chi connectivity index (χ1v) is 6.78. The lowest BCUT2D eigenvalue weighted by Crippen LogP contribution is -2.42. The maximum Gasteiger partial charge on any atom is 0.287 e. The molecule has 1 heterocycles. The molecule has 1 fully saturated rings. The van der Waals surface area contributed by atoms with Gasteiger partial charge in [0.15, 0.2) is 5.76 Å². The molecule has 20 heavy (non-hydrogen) atoms. The van der Waals surface area contributed by atoms with Crippen LogP contribution in [0.5, 0.6) is 0 Å². The predicted octanol–water partition coefficient (Wildman–Crippen LogP) is 1.70. The Morgan fingerprint density at radius 1 is 1.30 bits per heavy atom. The zero-order valence-corrected chi connectivity index (χ0v) is 11.3. The summed E-state index contributed by atoms with van der Waals surface area (Å²) in [6, 6.07) is 6.25. The summed E-state index contributed by atoms with van der Waals surface area (Å²) in [7, 11) is 0. The van der Waals surface area contributed by atoms with Crippen LogP contribution in [-0.2, 0) is 0 Å². The SMILES string of the molecule is O=C(N[C@@H]1CC[C@@H](O)[C@@H]1O)c1cc2cc(Cl)ccc2o1. The molecule has 3 atom stereocenters. The number of carbonyl (C=O) groups excluding carboxylic acids is 1. The third-order valence-electron chi connectivity index (χ3n) is 3.60. The summed E-state index contributed by atoms with van der Waals surface area (Å²) in [6.07, 6.45) is -0.699. The molecule has 1 aromatic carbocycles. The molecule has 2 aromatic rings.